The molecule has 25 heavy (non-hydrogen) atoms. The molecule has 1 aliphatic heterocycles. The van der Waals surface area contributed by atoms with Crippen LogP contribution in [-0.4, -0.2) is 23.3 Å². The van der Waals surface area contributed by atoms with Crippen LogP contribution in [-0.2, 0) is 9.59 Å². The molecule has 2 aromatic carbocycles. The Morgan fingerprint density at radius 3 is 2.68 bits per heavy atom. The number of hydrogen-bond acceptors (Lipinski definition) is 4. The summed E-state index contributed by atoms with van der Waals surface area (Å²) in [4.78, 5) is 29.6. The molecule has 1 saturated heterocycles. The van der Waals surface area contributed by atoms with E-state index in [2.05, 4.69) is 4.98 Å². The number of carbonyl (C=O) groups is 2. The Balaban J connectivity index is 1.68. The number of nitrogens with zero attached hydrogens (tertiary/aromatic N) is 2. The Bertz CT molecular complexity index is 975. The van der Waals surface area contributed by atoms with Crippen LogP contribution in [0, 0.1) is 12.8 Å². The fourth-order valence-corrected chi connectivity index (χ4v) is 3.05. The topological polar surface area (TPSA) is 89.4 Å². The third kappa shape index (κ3) is 2.76. The van der Waals surface area contributed by atoms with Crippen molar-refractivity contribution in [2.75, 3.05) is 11.4 Å². The lowest BCUT2D eigenvalue weighted by Gasteiger charge is -2.15. The highest BCUT2D eigenvalue weighted by Crippen LogP contribution is 2.30. The van der Waals surface area contributed by atoms with Crippen molar-refractivity contribution < 1.29 is 14.0 Å². The van der Waals surface area contributed by atoms with Gasteiger partial charge in [-0.25, -0.2) is 4.98 Å². The van der Waals surface area contributed by atoms with Gasteiger partial charge in [0.1, 0.15) is 5.52 Å². The first-order valence-corrected chi connectivity index (χ1v) is 8.08. The molecule has 0 spiro atoms. The quantitative estimate of drug-likeness (QED) is 0.797. The van der Waals surface area contributed by atoms with Crippen LogP contribution < -0.4 is 10.6 Å². The van der Waals surface area contributed by atoms with Gasteiger partial charge in [0.15, 0.2) is 5.58 Å². The number of aryl methyl sites for hydroxylation is 1. The number of rotatable bonds is 3. The van der Waals surface area contributed by atoms with Crippen LogP contribution >= 0.6 is 0 Å². The van der Waals surface area contributed by atoms with Crippen molar-refractivity contribution in [2.45, 2.75) is 13.3 Å². The average Bonchev–Trinajstić information content (AvgIpc) is 3.18. The van der Waals surface area contributed by atoms with E-state index in [-0.39, 0.29) is 12.3 Å². The molecule has 1 fully saturated rings. The van der Waals surface area contributed by atoms with Crippen molar-refractivity contribution in [3.8, 4) is 11.5 Å². The third-order valence-electron chi connectivity index (χ3n) is 4.51. The minimum atomic E-state index is -0.444. The first kappa shape index (κ1) is 15.4. The molecule has 1 atom stereocenters. The number of amides is 2. The number of hydrogen-bond donors (Lipinski definition) is 1. The molecule has 2 amide bonds. The summed E-state index contributed by atoms with van der Waals surface area (Å²) in [6.45, 7) is 2.33. The van der Waals surface area contributed by atoms with Gasteiger partial charge in [-0.2, -0.15) is 0 Å². The van der Waals surface area contributed by atoms with Gasteiger partial charge in [-0.3, -0.25) is 9.59 Å². The molecule has 3 aromatic rings. The Hall–Kier alpha value is -3.15. The predicted octanol–water partition coefficient (Wildman–Crippen LogP) is 2.64. The molecule has 2 heterocycles. The number of primary amides is 1. The van der Waals surface area contributed by atoms with E-state index >= 15 is 0 Å². The monoisotopic (exact) mass is 335 g/mol. The van der Waals surface area contributed by atoms with Crippen molar-refractivity contribution in [3.05, 3.63) is 48.0 Å². The molecule has 126 valence electrons. The van der Waals surface area contributed by atoms with E-state index in [1.54, 1.807) is 23.1 Å². The number of aromatic nitrogens is 1. The van der Waals surface area contributed by atoms with E-state index in [4.69, 9.17) is 10.2 Å². The van der Waals surface area contributed by atoms with Gasteiger partial charge in [-0.15, -0.1) is 0 Å². The minimum absolute atomic E-state index is 0.106. The number of oxazole rings is 1. The molecule has 1 aromatic heterocycles. The van der Waals surface area contributed by atoms with Gasteiger partial charge < -0.3 is 15.1 Å². The van der Waals surface area contributed by atoms with Crippen LogP contribution in [0.3, 0.4) is 0 Å². The van der Waals surface area contributed by atoms with Crippen LogP contribution in [0.4, 0.5) is 5.69 Å². The fraction of sp³-hybridized carbons (Fsp3) is 0.211. The molecular weight excluding hydrogens is 318 g/mol. The summed E-state index contributed by atoms with van der Waals surface area (Å²) in [7, 11) is 0. The standard InChI is InChI=1S/C19H17N3O3/c1-11-2-4-12(5-3-11)19-21-15-9-14(6-7-16(15)25-19)22-10-13(18(20)24)8-17(22)23/h2-7,9,13H,8,10H2,1H3,(H2,20,24)/t13-/m0/s1. The normalized spacial score (nSPS) is 17.4. The molecule has 0 bridgehead atoms. The summed E-state index contributed by atoms with van der Waals surface area (Å²) in [5, 5.41) is 0. The first-order chi connectivity index (χ1) is 12.0. The SMILES string of the molecule is Cc1ccc(-c2nc3cc(N4C[C@@H](C(N)=O)CC4=O)ccc3o2)cc1. The Kier molecular flexibility index (Phi) is 3.53. The highest BCUT2D eigenvalue weighted by Gasteiger charge is 2.34. The lowest BCUT2D eigenvalue weighted by atomic mass is 10.1. The van der Waals surface area contributed by atoms with E-state index in [1.807, 2.05) is 31.2 Å². The van der Waals surface area contributed by atoms with E-state index in [0.29, 0.717) is 29.2 Å². The van der Waals surface area contributed by atoms with Gasteiger partial charge in [-0.1, -0.05) is 17.7 Å². The van der Waals surface area contributed by atoms with E-state index in [9.17, 15) is 9.59 Å². The second kappa shape index (κ2) is 5.73. The highest BCUT2D eigenvalue weighted by molar-refractivity contribution is 6.01. The molecule has 6 nitrogen and oxygen atoms in total. The maximum Gasteiger partial charge on any atom is 0.227 e. The Morgan fingerprint density at radius 2 is 2.00 bits per heavy atom. The zero-order valence-corrected chi connectivity index (χ0v) is 13.7. The third-order valence-corrected chi connectivity index (χ3v) is 4.51. The van der Waals surface area contributed by atoms with Crippen molar-refractivity contribution >= 4 is 28.6 Å². The van der Waals surface area contributed by atoms with Crippen LogP contribution in [0.1, 0.15) is 12.0 Å². The molecule has 0 aliphatic carbocycles. The molecule has 0 saturated carbocycles. The van der Waals surface area contributed by atoms with Crippen molar-refractivity contribution in [2.24, 2.45) is 11.7 Å². The zero-order valence-electron chi connectivity index (χ0n) is 13.7. The second-order valence-corrected chi connectivity index (χ2v) is 6.34. The van der Waals surface area contributed by atoms with E-state index in [0.717, 1.165) is 5.56 Å². The van der Waals surface area contributed by atoms with Crippen LogP contribution in [0.15, 0.2) is 46.9 Å². The summed E-state index contributed by atoms with van der Waals surface area (Å²) >= 11 is 0. The van der Waals surface area contributed by atoms with Gasteiger partial charge in [0, 0.05) is 24.2 Å². The molecule has 1 aliphatic rings. The summed E-state index contributed by atoms with van der Waals surface area (Å²) in [5.41, 5.74) is 9.41. The van der Waals surface area contributed by atoms with Gasteiger partial charge >= 0.3 is 0 Å². The van der Waals surface area contributed by atoms with E-state index in [1.165, 1.54) is 5.56 Å². The molecule has 4 rings (SSSR count). The second-order valence-electron chi connectivity index (χ2n) is 6.34. The highest BCUT2D eigenvalue weighted by atomic mass is 16.3. The maximum absolute atomic E-state index is 12.2. The number of benzene rings is 2. The number of fused-ring (bicyclic) bond motifs is 1. The summed E-state index contributed by atoms with van der Waals surface area (Å²) < 4.78 is 5.81. The van der Waals surface area contributed by atoms with Crippen molar-refractivity contribution in [1.29, 1.82) is 0 Å². The minimum Gasteiger partial charge on any atom is -0.436 e. The smallest absolute Gasteiger partial charge is 0.227 e. The van der Waals surface area contributed by atoms with Gasteiger partial charge in [0.05, 0.1) is 5.92 Å². The van der Waals surface area contributed by atoms with Crippen LogP contribution in [0.5, 0.6) is 0 Å². The van der Waals surface area contributed by atoms with Gasteiger partial charge in [0.2, 0.25) is 17.7 Å². The van der Waals surface area contributed by atoms with Gasteiger partial charge in [0.25, 0.3) is 0 Å². The molecule has 0 radical (unpaired) electrons. The number of anilines is 1. The molecule has 6 heteroatoms. The molecular formula is C19H17N3O3. The van der Waals surface area contributed by atoms with Crippen LogP contribution in [0.2, 0.25) is 0 Å². The van der Waals surface area contributed by atoms with Gasteiger partial charge in [-0.05, 0) is 37.3 Å². The first-order valence-electron chi connectivity index (χ1n) is 8.08. The lowest BCUT2D eigenvalue weighted by Crippen LogP contribution is -2.28. The maximum atomic E-state index is 12.2. The summed E-state index contributed by atoms with van der Waals surface area (Å²) in [5.74, 6) is -0.455. The predicted molar refractivity (Wildman–Crippen MR) is 93.8 cm³/mol. The number of nitrogens with two attached hydrogens (primary N) is 1. The van der Waals surface area contributed by atoms with Crippen molar-refractivity contribution in [3.63, 3.8) is 0 Å². The average molecular weight is 335 g/mol. The summed E-state index contributed by atoms with van der Waals surface area (Å²) in [6, 6.07) is 13.3. The molecule has 2 N–H and O–H groups in total. The lowest BCUT2D eigenvalue weighted by molar-refractivity contribution is -0.123. The molecule has 0 unspecified atom stereocenters. The van der Waals surface area contributed by atoms with Crippen molar-refractivity contribution in [1.82, 2.24) is 4.98 Å². The Morgan fingerprint density at radius 1 is 1.24 bits per heavy atom. The number of carbonyl (C=O) groups excluding carboxylic acids is 2. The Labute approximate surface area is 144 Å². The zero-order chi connectivity index (χ0) is 17.6. The fourth-order valence-electron chi connectivity index (χ4n) is 3.05. The van der Waals surface area contributed by atoms with E-state index < -0.39 is 11.8 Å². The largest absolute Gasteiger partial charge is 0.436 e. The summed E-state index contributed by atoms with van der Waals surface area (Å²) in [6.07, 6.45) is 0.154. The van der Waals surface area contributed by atoms with Crippen LogP contribution in [0.25, 0.3) is 22.6 Å².